The molecule has 2 rings (SSSR count). The molecule has 0 spiro atoms. The molecule has 0 aliphatic heterocycles. The van der Waals surface area contributed by atoms with E-state index in [1.54, 1.807) is 39.8 Å². The Morgan fingerprint density at radius 1 is 1.21 bits per heavy atom. The predicted molar refractivity (Wildman–Crippen MR) is 91.3 cm³/mol. The van der Waals surface area contributed by atoms with Crippen molar-refractivity contribution in [2.45, 2.75) is 33.8 Å². The molecular formula is C17H19BrO6. The number of hydrogen-bond donors (Lipinski definition) is 0. The van der Waals surface area contributed by atoms with Gasteiger partial charge in [-0.2, -0.15) is 0 Å². The third-order valence-electron chi connectivity index (χ3n) is 3.32. The quantitative estimate of drug-likeness (QED) is 0.684. The largest absolute Gasteiger partial charge is 0.478 e. The van der Waals surface area contributed by atoms with Crippen molar-refractivity contribution in [3.05, 3.63) is 27.9 Å². The van der Waals surface area contributed by atoms with Crippen LogP contribution < -0.4 is 4.74 Å². The molecule has 1 atom stereocenters. The van der Waals surface area contributed by atoms with Crippen LogP contribution in [0.3, 0.4) is 0 Å². The van der Waals surface area contributed by atoms with Crippen LogP contribution in [0.25, 0.3) is 11.0 Å². The lowest BCUT2D eigenvalue weighted by molar-refractivity contribution is -0.150. The summed E-state index contributed by atoms with van der Waals surface area (Å²) in [5.74, 6) is -0.0423. The average Bonchev–Trinajstić information content (AvgIpc) is 2.83. The van der Waals surface area contributed by atoms with Crippen molar-refractivity contribution in [1.82, 2.24) is 0 Å². The van der Waals surface area contributed by atoms with Crippen LogP contribution in [-0.4, -0.2) is 31.3 Å². The molecule has 0 radical (unpaired) electrons. The first kappa shape index (κ1) is 18.3. The van der Waals surface area contributed by atoms with E-state index in [4.69, 9.17) is 18.6 Å². The first-order valence-corrected chi connectivity index (χ1v) is 8.41. The fraction of sp³-hybridized carbons (Fsp3) is 0.412. The zero-order valence-electron chi connectivity index (χ0n) is 14.0. The molecule has 2 aromatic rings. The molecule has 0 amide bonds. The molecule has 7 heteroatoms. The molecule has 0 unspecified atom stereocenters. The molecule has 0 aliphatic carbocycles. The predicted octanol–water partition coefficient (Wildman–Crippen LogP) is 4.01. The second kappa shape index (κ2) is 7.70. The molecule has 0 aliphatic rings. The van der Waals surface area contributed by atoms with E-state index in [1.807, 2.05) is 0 Å². The van der Waals surface area contributed by atoms with Gasteiger partial charge in [-0.1, -0.05) is 0 Å². The maximum absolute atomic E-state index is 12.1. The van der Waals surface area contributed by atoms with Crippen LogP contribution in [0.5, 0.6) is 5.75 Å². The highest BCUT2D eigenvalue weighted by Crippen LogP contribution is 2.35. The van der Waals surface area contributed by atoms with Crippen LogP contribution in [-0.2, 0) is 14.3 Å². The van der Waals surface area contributed by atoms with E-state index in [0.29, 0.717) is 32.5 Å². The van der Waals surface area contributed by atoms with Crippen molar-refractivity contribution < 1.29 is 28.2 Å². The van der Waals surface area contributed by atoms with Crippen molar-refractivity contribution in [2.75, 3.05) is 13.2 Å². The van der Waals surface area contributed by atoms with Gasteiger partial charge in [0.25, 0.3) is 0 Å². The minimum Gasteiger partial charge on any atom is -0.478 e. The van der Waals surface area contributed by atoms with Gasteiger partial charge in [0.05, 0.1) is 17.7 Å². The number of furan rings is 1. The second-order valence-electron chi connectivity index (χ2n) is 5.04. The Kier molecular flexibility index (Phi) is 5.88. The molecule has 0 saturated carbocycles. The number of rotatable bonds is 6. The van der Waals surface area contributed by atoms with Gasteiger partial charge in [-0.3, -0.25) is 0 Å². The summed E-state index contributed by atoms with van der Waals surface area (Å²) in [6.07, 6.45) is -0.780. The van der Waals surface area contributed by atoms with Gasteiger partial charge in [-0.05, 0) is 55.8 Å². The van der Waals surface area contributed by atoms with Crippen LogP contribution in [0, 0.1) is 6.92 Å². The molecule has 0 fully saturated rings. The van der Waals surface area contributed by atoms with E-state index in [1.165, 1.54) is 0 Å². The number of ether oxygens (including phenoxy) is 3. The number of carbonyl (C=O) groups is 2. The molecule has 0 bridgehead atoms. The van der Waals surface area contributed by atoms with Gasteiger partial charge in [0, 0.05) is 5.39 Å². The highest BCUT2D eigenvalue weighted by atomic mass is 79.9. The number of aryl methyl sites for hydroxylation is 1. The maximum Gasteiger partial charge on any atom is 0.347 e. The zero-order valence-corrected chi connectivity index (χ0v) is 15.6. The zero-order chi connectivity index (χ0) is 17.9. The molecule has 0 saturated heterocycles. The first-order valence-electron chi connectivity index (χ1n) is 7.62. The Balaban J connectivity index is 2.41. The minimum atomic E-state index is -0.780. The summed E-state index contributed by atoms with van der Waals surface area (Å²) in [6.45, 7) is 7.31. The summed E-state index contributed by atoms with van der Waals surface area (Å²) in [5.41, 5.74) is 0.881. The van der Waals surface area contributed by atoms with Crippen LogP contribution in [0.2, 0.25) is 0 Å². The van der Waals surface area contributed by atoms with Crippen molar-refractivity contribution in [3.8, 4) is 5.75 Å². The van der Waals surface area contributed by atoms with Crippen LogP contribution in [0.15, 0.2) is 21.0 Å². The average molecular weight is 399 g/mol. The highest BCUT2D eigenvalue weighted by molar-refractivity contribution is 9.10. The van der Waals surface area contributed by atoms with Crippen molar-refractivity contribution in [3.63, 3.8) is 0 Å². The standard InChI is InChI=1S/C17H19BrO6/c1-5-21-16(19)10(4)24-14-7-11-13(8-12(14)18)23-9(3)15(11)17(20)22-6-2/h7-8,10H,5-6H2,1-4H3/t10-/m1/s1. The van der Waals surface area contributed by atoms with Gasteiger partial charge in [0.1, 0.15) is 22.7 Å². The summed E-state index contributed by atoms with van der Waals surface area (Å²) in [7, 11) is 0. The van der Waals surface area contributed by atoms with Crippen molar-refractivity contribution >= 4 is 38.8 Å². The molecule has 1 aromatic heterocycles. The summed E-state index contributed by atoms with van der Waals surface area (Å²) in [6, 6.07) is 3.34. The molecule has 1 heterocycles. The lowest BCUT2D eigenvalue weighted by Crippen LogP contribution is -2.26. The normalized spacial score (nSPS) is 12.0. The Labute approximate surface area is 148 Å². The third-order valence-corrected chi connectivity index (χ3v) is 3.94. The molecule has 0 N–H and O–H groups in total. The number of halogens is 1. The monoisotopic (exact) mass is 398 g/mol. The van der Waals surface area contributed by atoms with Crippen LogP contribution in [0.4, 0.5) is 0 Å². The molecule has 24 heavy (non-hydrogen) atoms. The van der Waals surface area contributed by atoms with Gasteiger partial charge in [-0.25, -0.2) is 9.59 Å². The van der Waals surface area contributed by atoms with Crippen LogP contribution >= 0.6 is 15.9 Å². The van der Waals surface area contributed by atoms with Gasteiger partial charge in [0.2, 0.25) is 0 Å². The number of fused-ring (bicyclic) bond motifs is 1. The number of esters is 2. The third kappa shape index (κ3) is 3.72. The maximum atomic E-state index is 12.1. The minimum absolute atomic E-state index is 0.269. The summed E-state index contributed by atoms with van der Waals surface area (Å²) >= 11 is 3.38. The lowest BCUT2D eigenvalue weighted by atomic mass is 10.1. The number of hydrogen-bond acceptors (Lipinski definition) is 6. The van der Waals surface area contributed by atoms with Crippen molar-refractivity contribution in [1.29, 1.82) is 0 Å². The lowest BCUT2D eigenvalue weighted by Gasteiger charge is -2.14. The fourth-order valence-corrected chi connectivity index (χ4v) is 2.68. The van der Waals surface area contributed by atoms with E-state index < -0.39 is 18.0 Å². The van der Waals surface area contributed by atoms with Gasteiger partial charge >= 0.3 is 11.9 Å². The van der Waals surface area contributed by atoms with Gasteiger partial charge in [-0.15, -0.1) is 0 Å². The van der Waals surface area contributed by atoms with E-state index >= 15 is 0 Å². The molecule has 130 valence electrons. The summed E-state index contributed by atoms with van der Waals surface area (Å²) in [5, 5.41) is 0.570. The second-order valence-corrected chi connectivity index (χ2v) is 5.90. The summed E-state index contributed by atoms with van der Waals surface area (Å²) < 4.78 is 21.9. The van der Waals surface area contributed by atoms with Gasteiger partial charge < -0.3 is 18.6 Å². The molecule has 1 aromatic carbocycles. The Bertz CT molecular complexity index is 764. The first-order chi connectivity index (χ1) is 11.4. The van der Waals surface area contributed by atoms with Crippen LogP contribution in [0.1, 0.15) is 36.9 Å². The van der Waals surface area contributed by atoms with E-state index in [0.717, 1.165) is 0 Å². The topological polar surface area (TPSA) is 75.0 Å². The molecule has 6 nitrogen and oxygen atoms in total. The highest BCUT2D eigenvalue weighted by Gasteiger charge is 2.23. The van der Waals surface area contributed by atoms with E-state index in [2.05, 4.69) is 15.9 Å². The Morgan fingerprint density at radius 2 is 1.88 bits per heavy atom. The van der Waals surface area contributed by atoms with Crippen molar-refractivity contribution in [2.24, 2.45) is 0 Å². The SMILES string of the molecule is CCOC(=O)c1c(C)oc2cc(Br)c(O[C@H](C)C(=O)OCC)cc12. The fourth-order valence-electron chi connectivity index (χ4n) is 2.27. The number of carbonyl (C=O) groups excluding carboxylic acids is 2. The molecular weight excluding hydrogens is 380 g/mol. The van der Waals surface area contributed by atoms with E-state index in [-0.39, 0.29) is 13.2 Å². The smallest absolute Gasteiger partial charge is 0.347 e. The summed E-state index contributed by atoms with van der Waals surface area (Å²) in [4.78, 5) is 23.9. The van der Waals surface area contributed by atoms with E-state index in [9.17, 15) is 9.59 Å². The number of benzene rings is 1. The Morgan fingerprint density at radius 3 is 2.50 bits per heavy atom. The van der Waals surface area contributed by atoms with Gasteiger partial charge in [0.15, 0.2) is 6.10 Å². The Hall–Kier alpha value is -2.02.